The Morgan fingerprint density at radius 1 is 1.64 bits per heavy atom. The molecule has 0 bridgehead atoms. The molecule has 2 rings (SSSR count). The Morgan fingerprint density at radius 2 is 2.43 bits per heavy atom. The van der Waals surface area contributed by atoms with E-state index < -0.39 is 0 Å². The van der Waals surface area contributed by atoms with Crippen LogP contribution < -0.4 is 5.73 Å². The second kappa shape index (κ2) is 3.96. The van der Waals surface area contributed by atoms with Gasteiger partial charge in [-0.3, -0.25) is 0 Å². The lowest BCUT2D eigenvalue weighted by molar-refractivity contribution is 0.0849. The van der Waals surface area contributed by atoms with Crippen LogP contribution in [0, 0.1) is 5.92 Å². The number of pyridine rings is 1. The molecule has 0 spiro atoms. The summed E-state index contributed by atoms with van der Waals surface area (Å²) < 4.78 is 5.45. The topological polar surface area (TPSA) is 48.1 Å². The first-order chi connectivity index (χ1) is 6.81. The Balaban J connectivity index is 2.04. The van der Waals surface area contributed by atoms with Crippen molar-refractivity contribution in [1.29, 1.82) is 0 Å². The fourth-order valence-corrected chi connectivity index (χ4v) is 1.75. The molecule has 3 heteroatoms. The largest absolute Gasteiger partial charge is 0.383 e. The van der Waals surface area contributed by atoms with Crippen molar-refractivity contribution in [3.05, 3.63) is 23.9 Å². The second-order valence-corrected chi connectivity index (χ2v) is 3.86. The van der Waals surface area contributed by atoms with Gasteiger partial charge in [-0.1, -0.05) is 6.07 Å². The molecule has 0 aliphatic heterocycles. The van der Waals surface area contributed by atoms with Crippen molar-refractivity contribution < 1.29 is 4.74 Å². The van der Waals surface area contributed by atoms with Crippen LogP contribution in [-0.4, -0.2) is 18.2 Å². The van der Waals surface area contributed by atoms with Crippen molar-refractivity contribution in [2.45, 2.75) is 25.4 Å². The second-order valence-electron chi connectivity index (χ2n) is 3.86. The number of aromatic nitrogens is 1. The highest BCUT2D eigenvalue weighted by atomic mass is 16.5. The summed E-state index contributed by atoms with van der Waals surface area (Å²) in [6, 6.07) is 3.95. The standard InChI is InChI=1S/C11H16N2O/c1-14-10(8-4-5-8)7-9-3-2-6-13-11(9)12/h2-3,6,8,10H,4-5,7H2,1H3,(H2,12,13)/t10-/m0/s1. The van der Waals surface area contributed by atoms with Crippen LogP contribution in [0.5, 0.6) is 0 Å². The van der Waals surface area contributed by atoms with Gasteiger partial charge in [0.15, 0.2) is 0 Å². The van der Waals surface area contributed by atoms with E-state index in [-0.39, 0.29) is 0 Å². The van der Waals surface area contributed by atoms with Crippen LogP contribution in [0.3, 0.4) is 0 Å². The SMILES string of the molecule is CO[C@@H](Cc1cccnc1N)C1CC1. The van der Waals surface area contributed by atoms with Gasteiger partial charge in [-0.25, -0.2) is 4.98 Å². The molecule has 1 aliphatic carbocycles. The molecule has 0 radical (unpaired) electrons. The third kappa shape index (κ3) is 2.04. The zero-order valence-electron chi connectivity index (χ0n) is 8.44. The molecule has 1 fully saturated rings. The molecule has 1 atom stereocenters. The monoisotopic (exact) mass is 192 g/mol. The maximum atomic E-state index is 5.78. The smallest absolute Gasteiger partial charge is 0.126 e. The lowest BCUT2D eigenvalue weighted by Gasteiger charge is -2.14. The van der Waals surface area contributed by atoms with Crippen LogP contribution in [0.1, 0.15) is 18.4 Å². The van der Waals surface area contributed by atoms with Crippen molar-refractivity contribution in [2.75, 3.05) is 12.8 Å². The summed E-state index contributed by atoms with van der Waals surface area (Å²) in [6.45, 7) is 0. The summed E-state index contributed by atoms with van der Waals surface area (Å²) in [4.78, 5) is 4.07. The predicted octanol–water partition coefficient (Wildman–Crippen LogP) is 1.63. The van der Waals surface area contributed by atoms with E-state index in [1.807, 2.05) is 12.1 Å². The van der Waals surface area contributed by atoms with Gasteiger partial charge < -0.3 is 10.5 Å². The Morgan fingerprint density at radius 3 is 3.00 bits per heavy atom. The minimum Gasteiger partial charge on any atom is -0.383 e. The Bertz CT molecular complexity index is 310. The highest BCUT2D eigenvalue weighted by molar-refractivity contribution is 5.38. The van der Waals surface area contributed by atoms with Gasteiger partial charge in [-0.2, -0.15) is 0 Å². The number of nitrogen functional groups attached to an aromatic ring is 1. The molecule has 1 aliphatic rings. The van der Waals surface area contributed by atoms with Crippen LogP contribution in [0.15, 0.2) is 18.3 Å². The fourth-order valence-electron chi connectivity index (χ4n) is 1.75. The zero-order valence-corrected chi connectivity index (χ0v) is 8.44. The summed E-state index contributed by atoms with van der Waals surface area (Å²) in [7, 11) is 1.77. The minimum atomic E-state index is 0.321. The van der Waals surface area contributed by atoms with Crippen molar-refractivity contribution in [3.8, 4) is 0 Å². The maximum Gasteiger partial charge on any atom is 0.126 e. The van der Waals surface area contributed by atoms with Gasteiger partial charge in [0.2, 0.25) is 0 Å². The van der Waals surface area contributed by atoms with Crippen molar-refractivity contribution in [1.82, 2.24) is 4.98 Å². The van der Waals surface area contributed by atoms with Gasteiger partial charge in [0.05, 0.1) is 6.10 Å². The Kier molecular flexibility index (Phi) is 2.68. The molecule has 1 aromatic rings. The molecule has 14 heavy (non-hydrogen) atoms. The number of hydrogen-bond donors (Lipinski definition) is 1. The molecule has 0 unspecified atom stereocenters. The van der Waals surface area contributed by atoms with E-state index in [4.69, 9.17) is 10.5 Å². The molecular formula is C11H16N2O. The summed E-state index contributed by atoms with van der Waals surface area (Å²) in [5.74, 6) is 1.37. The number of anilines is 1. The first kappa shape index (κ1) is 9.46. The number of ether oxygens (including phenoxy) is 1. The van der Waals surface area contributed by atoms with Gasteiger partial charge in [-0.05, 0) is 30.4 Å². The van der Waals surface area contributed by atoms with E-state index in [0.717, 1.165) is 17.9 Å². The van der Waals surface area contributed by atoms with Crippen LogP contribution in [-0.2, 0) is 11.2 Å². The zero-order chi connectivity index (χ0) is 9.97. The maximum absolute atomic E-state index is 5.78. The van der Waals surface area contributed by atoms with E-state index in [0.29, 0.717) is 11.9 Å². The van der Waals surface area contributed by atoms with E-state index in [9.17, 15) is 0 Å². The number of methoxy groups -OCH3 is 1. The number of hydrogen-bond acceptors (Lipinski definition) is 3. The summed E-state index contributed by atoms with van der Waals surface area (Å²) in [5, 5.41) is 0. The van der Waals surface area contributed by atoms with Gasteiger partial charge >= 0.3 is 0 Å². The van der Waals surface area contributed by atoms with Crippen LogP contribution in [0.2, 0.25) is 0 Å². The molecule has 76 valence electrons. The lowest BCUT2D eigenvalue weighted by atomic mass is 10.1. The van der Waals surface area contributed by atoms with E-state index in [2.05, 4.69) is 4.98 Å². The predicted molar refractivity (Wildman–Crippen MR) is 55.9 cm³/mol. The quantitative estimate of drug-likeness (QED) is 0.788. The Labute approximate surface area is 84.3 Å². The third-order valence-corrected chi connectivity index (χ3v) is 2.80. The number of rotatable bonds is 4. The van der Waals surface area contributed by atoms with E-state index in [1.54, 1.807) is 13.3 Å². The van der Waals surface area contributed by atoms with Crippen LogP contribution in [0.4, 0.5) is 5.82 Å². The van der Waals surface area contributed by atoms with Crippen LogP contribution >= 0.6 is 0 Å². The molecule has 1 aromatic heterocycles. The number of nitrogens with two attached hydrogens (primary N) is 1. The van der Waals surface area contributed by atoms with Gasteiger partial charge in [0.25, 0.3) is 0 Å². The first-order valence-corrected chi connectivity index (χ1v) is 5.03. The van der Waals surface area contributed by atoms with E-state index >= 15 is 0 Å². The number of nitrogens with zero attached hydrogens (tertiary/aromatic N) is 1. The molecule has 3 nitrogen and oxygen atoms in total. The third-order valence-electron chi connectivity index (χ3n) is 2.80. The molecule has 1 saturated carbocycles. The molecular weight excluding hydrogens is 176 g/mol. The summed E-state index contributed by atoms with van der Waals surface area (Å²) in [6.07, 6.45) is 5.51. The highest BCUT2D eigenvalue weighted by Gasteiger charge is 2.31. The van der Waals surface area contributed by atoms with Gasteiger partial charge in [0.1, 0.15) is 5.82 Å². The van der Waals surface area contributed by atoms with Crippen LogP contribution in [0.25, 0.3) is 0 Å². The lowest BCUT2D eigenvalue weighted by Crippen LogP contribution is -2.17. The van der Waals surface area contributed by atoms with Gasteiger partial charge in [-0.15, -0.1) is 0 Å². The summed E-state index contributed by atoms with van der Waals surface area (Å²) in [5.41, 5.74) is 6.88. The summed E-state index contributed by atoms with van der Waals surface area (Å²) >= 11 is 0. The molecule has 0 amide bonds. The van der Waals surface area contributed by atoms with E-state index in [1.165, 1.54) is 12.8 Å². The average Bonchev–Trinajstić information content (AvgIpc) is 3.00. The molecule has 0 aromatic carbocycles. The Hall–Kier alpha value is -1.09. The average molecular weight is 192 g/mol. The van der Waals surface area contributed by atoms with Crippen molar-refractivity contribution in [3.63, 3.8) is 0 Å². The minimum absolute atomic E-state index is 0.321. The molecule has 1 heterocycles. The highest BCUT2D eigenvalue weighted by Crippen LogP contribution is 2.35. The fraction of sp³-hybridized carbons (Fsp3) is 0.545. The van der Waals surface area contributed by atoms with Gasteiger partial charge in [0, 0.05) is 19.7 Å². The van der Waals surface area contributed by atoms with Crippen molar-refractivity contribution >= 4 is 5.82 Å². The first-order valence-electron chi connectivity index (χ1n) is 5.03. The van der Waals surface area contributed by atoms with Crippen molar-refractivity contribution in [2.24, 2.45) is 5.92 Å². The normalized spacial score (nSPS) is 18.1. The molecule has 0 saturated heterocycles. The molecule has 2 N–H and O–H groups in total.